The van der Waals surface area contributed by atoms with Crippen LogP contribution in [0.15, 0.2) is 12.2 Å². The first-order chi connectivity index (χ1) is 11.2. The third kappa shape index (κ3) is 10.5. The van der Waals surface area contributed by atoms with Gasteiger partial charge in [-0.3, -0.25) is 4.79 Å². The minimum atomic E-state index is -0.681. The van der Waals surface area contributed by atoms with Crippen molar-refractivity contribution in [2.45, 2.75) is 64.7 Å². The van der Waals surface area contributed by atoms with Crippen LogP contribution in [0, 0.1) is 11.8 Å². The van der Waals surface area contributed by atoms with Crippen molar-refractivity contribution >= 4 is 5.97 Å². The molecule has 4 nitrogen and oxygen atoms in total. The molecule has 0 amide bonds. The Hall–Kier alpha value is -0.870. The van der Waals surface area contributed by atoms with E-state index in [0.29, 0.717) is 18.3 Å². The fourth-order valence-electron chi connectivity index (χ4n) is 3.09. The summed E-state index contributed by atoms with van der Waals surface area (Å²) in [4.78, 5) is 10.5. The van der Waals surface area contributed by atoms with Gasteiger partial charge in [0.15, 0.2) is 0 Å². The molecule has 1 saturated heterocycles. The molecular weight excluding hydrogens is 292 g/mol. The summed E-state index contributed by atoms with van der Waals surface area (Å²) >= 11 is 0. The molecule has 4 heteroatoms. The summed E-state index contributed by atoms with van der Waals surface area (Å²) in [6.45, 7) is 5.56. The molecule has 134 valence electrons. The van der Waals surface area contributed by atoms with Gasteiger partial charge in [0.1, 0.15) is 0 Å². The highest BCUT2D eigenvalue weighted by Gasteiger charge is 2.27. The van der Waals surface area contributed by atoms with Gasteiger partial charge in [-0.05, 0) is 43.9 Å². The number of hydrogen-bond acceptors (Lipinski definition) is 3. The number of hydrogen-bond donors (Lipinski definition) is 1. The Kier molecular flexibility index (Phi) is 11.9. The van der Waals surface area contributed by atoms with Crippen molar-refractivity contribution in [2.75, 3.05) is 26.4 Å². The van der Waals surface area contributed by atoms with Crippen molar-refractivity contribution in [1.82, 2.24) is 0 Å². The lowest BCUT2D eigenvalue weighted by Gasteiger charge is -2.17. The summed E-state index contributed by atoms with van der Waals surface area (Å²) in [7, 11) is 0. The first kappa shape index (κ1) is 20.2. The number of allylic oxidation sites excluding steroid dienone is 1. The summed E-state index contributed by atoms with van der Waals surface area (Å²) in [6, 6.07) is 0. The molecule has 0 aromatic heterocycles. The quantitative estimate of drug-likeness (QED) is 0.379. The van der Waals surface area contributed by atoms with Gasteiger partial charge in [-0.2, -0.15) is 0 Å². The number of carbonyl (C=O) groups is 1. The van der Waals surface area contributed by atoms with E-state index >= 15 is 0 Å². The fourth-order valence-corrected chi connectivity index (χ4v) is 3.09. The zero-order valence-electron chi connectivity index (χ0n) is 14.7. The second-order valence-corrected chi connectivity index (χ2v) is 6.47. The average Bonchev–Trinajstić information content (AvgIpc) is 2.97. The van der Waals surface area contributed by atoms with Gasteiger partial charge in [0, 0.05) is 26.2 Å². The molecule has 2 unspecified atom stereocenters. The van der Waals surface area contributed by atoms with Crippen molar-refractivity contribution in [3.63, 3.8) is 0 Å². The standard InChI is InChI=1S/C19H34O4/c1-2-3-4-9-13-22-14-12-18-16-23-15-17(18)10-7-5-6-8-11-19(20)21/h3-4,17-18H,2,5-16H2,1H3,(H,20,21). The second-order valence-electron chi connectivity index (χ2n) is 6.47. The predicted molar refractivity (Wildman–Crippen MR) is 92.6 cm³/mol. The molecule has 1 fully saturated rings. The van der Waals surface area contributed by atoms with Crippen molar-refractivity contribution in [3.8, 4) is 0 Å². The summed E-state index contributed by atoms with van der Waals surface area (Å²) in [5.41, 5.74) is 0. The zero-order chi connectivity index (χ0) is 16.8. The normalized spacial score (nSPS) is 21.3. The number of aliphatic carboxylic acids is 1. The summed E-state index contributed by atoms with van der Waals surface area (Å²) in [6.07, 6.45) is 13.2. The molecule has 0 spiro atoms. The van der Waals surface area contributed by atoms with Crippen LogP contribution in [0.2, 0.25) is 0 Å². The van der Waals surface area contributed by atoms with E-state index < -0.39 is 5.97 Å². The molecule has 1 aliphatic rings. The molecule has 2 atom stereocenters. The largest absolute Gasteiger partial charge is 0.481 e. The molecule has 0 radical (unpaired) electrons. The second kappa shape index (κ2) is 13.6. The summed E-state index contributed by atoms with van der Waals surface area (Å²) in [5.74, 6) is 0.623. The molecule has 0 aliphatic carbocycles. The maximum absolute atomic E-state index is 10.5. The van der Waals surface area contributed by atoms with Crippen molar-refractivity contribution in [1.29, 1.82) is 0 Å². The minimum Gasteiger partial charge on any atom is -0.481 e. The molecule has 1 aliphatic heterocycles. The van der Waals surface area contributed by atoms with Gasteiger partial charge in [-0.15, -0.1) is 0 Å². The Morgan fingerprint density at radius 1 is 1.09 bits per heavy atom. The van der Waals surface area contributed by atoms with E-state index in [-0.39, 0.29) is 0 Å². The Morgan fingerprint density at radius 3 is 2.57 bits per heavy atom. The zero-order valence-corrected chi connectivity index (χ0v) is 14.7. The van der Waals surface area contributed by atoms with E-state index in [1.54, 1.807) is 0 Å². The van der Waals surface area contributed by atoms with Crippen LogP contribution in [-0.4, -0.2) is 37.5 Å². The van der Waals surface area contributed by atoms with Gasteiger partial charge >= 0.3 is 5.97 Å². The van der Waals surface area contributed by atoms with Gasteiger partial charge in [-0.1, -0.05) is 38.3 Å². The molecular formula is C19H34O4. The number of rotatable bonds is 14. The van der Waals surface area contributed by atoms with Crippen LogP contribution in [0.4, 0.5) is 0 Å². The van der Waals surface area contributed by atoms with Crippen LogP contribution >= 0.6 is 0 Å². The van der Waals surface area contributed by atoms with Crippen LogP contribution in [-0.2, 0) is 14.3 Å². The van der Waals surface area contributed by atoms with Crippen LogP contribution in [0.1, 0.15) is 64.7 Å². The lowest BCUT2D eigenvalue weighted by molar-refractivity contribution is -0.137. The summed E-state index contributed by atoms with van der Waals surface area (Å²) < 4.78 is 11.4. The molecule has 1 rings (SSSR count). The van der Waals surface area contributed by atoms with Crippen molar-refractivity contribution in [3.05, 3.63) is 12.2 Å². The third-order valence-corrected chi connectivity index (χ3v) is 4.51. The summed E-state index contributed by atoms with van der Waals surface area (Å²) in [5, 5.41) is 8.61. The van der Waals surface area contributed by atoms with Gasteiger partial charge in [0.25, 0.3) is 0 Å². The first-order valence-electron chi connectivity index (χ1n) is 9.26. The minimum absolute atomic E-state index is 0.306. The predicted octanol–water partition coefficient (Wildman–Crippen LogP) is 4.44. The molecule has 0 aromatic rings. The van der Waals surface area contributed by atoms with Gasteiger partial charge in [0.05, 0.1) is 6.61 Å². The monoisotopic (exact) mass is 326 g/mol. The third-order valence-electron chi connectivity index (χ3n) is 4.51. The molecule has 1 heterocycles. The van der Waals surface area contributed by atoms with Gasteiger partial charge in [0.2, 0.25) is 0 Å². The maximum Gasteiger partial charge on any atom is 0.303 e. The maximum atomic E-state index is 10.5. The topological polar surface area (TPSA) is 55.8 Å². The van der Waals surface area contributed by atoms with E-state index in [2.05, 4.69) is 19.1 Å². The number of carboxylic acids is 1. The number of unbranched alkanes of at least 4 members (excludes halogenated alkanes) is 3. The van der Waals surface area contributed by atoms with Gasteiger partial charge in [-0.25, -0.2) is 0 Å². The highest BCUT2D eigenvalue weighted by molar-refractivity contribution is 5.66. The molecule has 0 aromatic carbocycles. The van der Waals surface area contributed by atoms with Crippen molar-refractivity contribution in [2.24, 2.45) is 11.8 Å². The SMILES string of the molecule is CCC=CCCOCCC1COCC1CCCCCCC(=O)O. The van der Waals surface area contributed by atoms with Gasteiger partial charge < -0.3 is 14.6 Å². The fraction of sp³-hybridized carbons (Fsp3) is 0.842. The van der Waals surface area contributed by atoms with E-state index in [9.17, 15) is 4.79 Å². The molecule has 23 heavy (non-hydrogen) atoms. The van der Waals surface area contributed by atoms with Crippen LogP contribution in [0.25, 0.3) is 0 Å². The van der Waals surface area contributed by atoms with E-state index in [4.69, 9.17) is 14.6 Å². The first-order valence-corrected chi connectivity index (χ1v) is 9.26. The smallest absolute Gasteiger partial charge is 0.303 e. The van der Waals surface area contributed by atoms with E-state index in [1.807, 2.05) is 0 Å². The highest BCUT2D eigenvalue weighted by atomic mass is 16.5. The number of ether oxygens (including phenoxy) is 2. The van der Waals surface area contributed by atoms with Crippen molar-refractivity contribution < 1.29 is 19.4 Å². The van der Waals surface area contributed by atoms with E-state index in [0.717, 1.165) is 65.0 Å². The number of carboxylic acid groups (broad SMARTS) is 1. The van der Waals surface area contributed by atoms with Crippen LogP contribution in [0.3, 0.4) is 0 Å². The molecule has 0 bridgehead atoms. The lowest BCUT2D eigenvalue weighted by atomic mass is 9.88. The highest BCUT2D eigenvalue weighted by Crippen LogP contribution is 2.28. The lowest BCUT2D eigenvalue weighted by Crippen LogP contribution is -2.15. The Labute approximate surface area is 141 Å². The molecule has 0 saturated carbocycles. The Bertz CT molecular complexity index is 327. The average molecular weight is 326 g/mol. The Morgan fingerprint density at radius 2 is 1.83 bits per heavy atom. The van der Waals surface area contributed by atoms with E-state index in [1.165, 1.54) is 12.8 Å². The Balaban J connectivity index is 2.00. The van der Waals surface area contributed by atoms with Crippen LogP contribution in [0.5, 0.6) is 0 Å². The molecule has 1 N–H and O–H groups in total. The van der Waals surface area contributed by atoms with Crippen LogP contribution < -0.4 is 0 Å².